The predicted molar refractivity (Wildman–Crippen MR) is 86.3 cm³/mol. The number of aromatic nitrogens is 2. The van der Waals surface area contributed by atoms with Crippen molar-refractivity contribution in [1.82, 2.24) is 20.2 Å². The molecule has 1 fully saturated rings. The maximum absolute atomic E-state index is 14.1. The summed E-state index contributed by atoms with van der Waals surface area (Å²) in [4.78, 5) is 12.6. The molecule has 0 radical (unpaired) electrons. The lowest BCUT2D eigenvalue weighted by Gasteiger charge is -2.34. The highest BCUT2D eigenvalue weighted by Crippen LogP contribution is 2.21. The zero-order valence-corrected chi connectivity index (χ0v) is 13.9. The first kappa shape index (κ1) is 16.6. The molecule has 24 heavy (non-hydrogen) atoms. The first-order chi connectivity index (χ1) is 11.4. The average molecular weight is 352 g/mol. The minimum atomic E-state index is -3.05. The van der Waals surface area contributed by atoms with Crippen LogP contribution in [-0.4, -0.2) is 66.2 Å². The van der Waals surface area contributed by atoms with Crippen LogP contribution in [0.3, 0.4) is 0 Å². The molecule has 7 nitrogen and oxygen atoms in total. The van der Waals surface area contributed by atoms with Crippen molar-refractivity contribution < 1.29 is 17.6 Å². The Morgan fingerprint density at radius 2 is 2.00 bits per heavy atom. The second kappa shape index (κ2) is 6.33. The Morgan fingerprint density at radius 3 is 2.62 bits per heavy atom. The van der Waals surface area contributed by atoms with Gasteiger partial charge < -0.3 is 0 Å². The molecule has 3 rings (SSSR count). The zero-order chi connectivity index (χ0) is 17.3. The fraction of sp³-hybridized carbons (Fsp3) is 0.333. The van der Waals surface area contributed by atoms with E-state index in [9.17, 15) is 17.6 Å². The van der Waals surface area contributed by atoms with E-state index in [-0.39, 0.29) is 30.2 Å². The van der Waals surface area contributed by atoms with Gasteiger partial charge in [-0.2, -0.15) is 5.10 Å². The van der Waals surface area contributed by atoms with E-state index in [1.165, 1.54) is 24.2 Å². The van der Waals surface area contributed by atoms with E-state index < -0.39 is 21.6 Å². The maximum atomic E-state index is 14.1. The van der Waals surface area contributed by atoms with E-state index >= 15 is 0 Å². The lowest BCUT2D eigenvalue weighted by atomic mass is 10.1. The summed E-state index contributed by atoms with van der Waals surface area (Å²) in [5, 5.41) is 9.50. The number of sulfone groups is 1. The molecule has 0 bridgehead atoms. The summed E-state index contributed by atoms with van der Waals surface area (Å²) >= 11 is 0. The maximum Gasteiger partial charge on any atom is 0.270 e. The summed E-state index contributed by atoms with van der Waals surface area (Å²) < 4.78 is 37.1. The van der Waals surface area contributed by atoms with Crippen LogP contribution in [0.2, 0.25) is 0 Å². The largest absolute Gasteiger partial charge is 0.278 e. The molecule has 1 aromatic carbocycles. The van der Waals surface area contributed by atoms with Gasteiger partial charge in [0.05, 0.1) is 22.8 Å². The molecular weight excluding hydrogens is 335 g/mol. The molecule has 0 saturated carbocycles. The van der Waals surface area contributed by atoms with E-state index in [1.807, 2.05) is 0 Å². The van der Waals surface area contributed by atoms with Crippen molar-refractivity contribution in [2.75, 3.05) is 31.6 Å². The van der Waals surface area contributed by atoms with Crippen molar-refractivity contribution in [3.8, 4) is 11.3 Å². The number of nitrogens with zero attached hydrogens (tertiary/aromatic N) is 3. The van der Waals surface area contributed by atoms with Gasteiger partial charge in [-0.15, -0.1) is 0 Å². The van der Waals surface area contributed by atoms with Gasteiger partial charge in [-0.25, -0.2) is 17.8 Å². The van der Waals surface area contributed by atoms with Gasteiger partial charge in [0, 0.05) is 31.9 Å². The lowest BCUT2D eigenvalue weighted by Crippen LogP contribution is -2.51. The second-order valence-corrected chi connectivity index (χ2v) is 7.90. The first-order valence-electron chi connectivity index (χ1n) is 7.40. The molecule has 1 aliphatic heterocycles. The molecule has 0 atom stereocenters. The Balaban J connectivity index is 1.83. The van der Waals surface area contributed by atoms with Crippen LogP contribution in [0, 0.1) is 5.82 Å². The highest BCUT2D eigenvalue weighted by molar-refractivity contribution is 7.91. The van der Waals surface area contributed by atoms with E-state index in [2.05, 4.69) is 10.2 Å². The summed E-state index contributed by atoms with van der Waals surface area (Å²) in [6.45, 7) is 0.429. The van der Waals surface area contributed by atoms with Crippen molar-refractivity contribution in [2.24, 2.45) is 0 Å². The molecule has 0 unspecified atom stereocenters. The molecule has 1 N–H and O–H groups in total. The Bertz CT molecular complexity index is 838. The molecule has 1 amide bonds. The summed E-state index contributed by atoms with van der Waals surface area (Å²) in [5.41, 5.74) is 1.25. The Labute approximate surface area is 139 Å². The monoisotopic (exact) mass is 352 g/mol. The number of hydrazine groups is 1. The smallest absolute Gasteiger partial charge is 0.270 e. The number of nitrogens with one attached hydrogen (secondary N) is 1. The van der Waals surface area contributed by atoms with Crippen molar-refractivity contribution in [3.05, 3.63) is 41.8 Å². The number of halogens is 1. The predicted octanol–water partition coefficient (Wildman–Crippen LogP) is 0.933. The fourth-order valence-electron chi connectivity index (χ4n) is 2.58. The third-order valence-electron chi connectivity index (χ3n) is 4.05. The summed E-state index contributed by atoms with van der Waals surface area (Å²) in [6.07, 6.45) is 1.57. The SMILES string of the molecule is CN(C(=O)c1cc(-c2ccn[nH]2)ccc1F)N1CCS(=O)(=O)CC1. The summed E-state index contributed by atoms with van der Waals surface area (Å²) in [5.74, 6) is -1.17. The van der Waals surface area contributed by atoms with Crippen molar-refractivity contribution >= 4 is 15.7 Å². The van der Waals surface area contributed by atoms with E-state index in [1.54, 1.807) is 23.3 Å². The third kappa shape index (κ3) is 3.31. The third-order valence-corrected chi connectivity index (χ3v) is 5.66. The number of amides is 1. The average Bonchev–Trinajstić information content (AvgIpc) is 3.08. The highest BCUT2D eigenvalue weighted by Gasteiger charge is 2.28. The molecule has 128 valence electrons. The number of benzene rings is 1. The number of aromatic amines is 1. The summed E-state index contributed by atoms with van der Waals surface area (Å²) in [6, 6.07) is 5.98. The molecule has 0 aliphatic carbocycles. The molecular formula is C15H17FN4O3S. The first-order valence-corrected chi connectivity index (χ1v) is 9.22. The fourth-order valence-corrected chi connectivity index (χ4v) is 3.76. The topological polar surface area (TPSA) is 86.4 Å². The Hall–Kier alpha value is -2.26. The van der Waals surface area contributed by atoms with Gasteiger partial charge in [-0.05, 0) is 24.3 Å². The molecule has 0 spiro atoms. The quantitative estimate of drug-likeness (QED) is 0.888. The van der Waals surface area contributed by atoms with Gasteiger partial charge >= 0.3 is 0 Å². The van der Waals surface area contributed by atoms with Crippen LogP contribution in [0.25, 0.3) is 11.3 Å². The van der Waals surface area contributed by atoms with E-state index in [0.717, 1.165) is 0 Å². The second-order valence-electron chi connectivity index (χ2n) is 5.60. The van der Waals surface area contributed by atoms with Crippen molar-refractivity contribution in [2.45, 2.75) is 0 Å². The van der Waals surface area contributed by atoms with Gasteiger partial charge in [0.2, 0.25) is 0 Å². The van der Waals surface area contributed by atoms with Crippen LogP contribution in [0.1, 0.15) is 10.4 Å². The Kier molecular flexibility index (Phi) is 4.37. The van der Waals surface area contributed by atoms with Crippen LogP contribution in [0.15, 0.2) is 30.5 Å². The van der Waals surface area contributed by atoms with Gasteiger partial charge in [0.25, 0.3) is 5.91 Å². The van der Waals surface area contributed by atoms with Crippen LogP contribution >= 0.6 is 0 Å². The van der Waals surface area contributed by atoms with Crippen molar-refractivity contribution in [1.29, 1.82) is 0 Å². The number of carbonyl (C=O) groups is 1. The van der Waals surface area contributed by atoms with Gasteiger partial charge in [0.15, 0.2) is 9.84 Å². The van der Waals surface area contributed by atoms with Gasteiger partial charge in [-0.1, -0.05) is 0 Å². The number of hydrogen-bond acceptors (Lipinski definition) is 5. The number of rotatable bonds is 3. The zero-order valence-electron chi connectivity index (χ0n) is 13.1. The summed E-state index contributed by atoms with van der Waals surface area (Å²) in [7, 11) is -1.53. The number of hydrogen-bond donors (Lipinski definition) is 1. The molecule has 1 saturated heterocycles. The minimum Gasteiger partial charge on any atom is -0.278 e. The highest BCUT2D eigenvalue weighted by atomic mass is 32.2. The van der Waals surface area contributed by atoms with Gasteiger partial charge in [0.1, 0.15) is 5.82 Å². The standard InChI is InChI=1S/C15H17FN4O3S/c1-19(20-6-8-24(22,23)9-7-20)15(21)12-10-11(2-3-13(12)16)14-4-5-17-18-14/h2-5,10H,6-9H2,1H3,(H,17,18). The van der Waals surface area contributed by atoms with Crippen LogP contribution in [-0.2, 0) is 9.84 Å². The van der Waals surface area contributed by atoms with E-state index in [4.69, 9.17) is 0 Å². The molecule has 9 heteroatoms. The molecule has 2 heterocycles. The minimum absolute atomic E-state index is 0.0126. The Morgan fingerprint density at radius 1 is 1.29 bits per heavy atom. The molecule has 1 aliphatic rings. The van der Waals surface area contributed by atoms with Gasteiger partial charge in [-0.3, -0.25) is 14.9 Å². The number of H-pyrrole nitrogens is 1. The van der Waals surface area contributed by atoms with Crippen LogP contribution in [0.5, 0.6) is 0 Å². The van der Waals surface area contributed by atoms with Crippen molar-refractivity contribution in [3.63, 3.8) is 0 Å². The van der Waals surface area contributed by atoms with Crippen LogP contribution < -0.4 is 0 Å². The van der Waals surface area contributed by atoms with Crippen LogP contribution in [0.4, 0.5) is 4.39 Å². The molecule has 1 aromatic heterocycles. The van der Waals surface area contributed by atoms with E-state index in [0.29, 0.717) is 11.3 Å². The normalized spacial score (nSPS) is 17.6. The lowest BCUT2D eigenvalue weighted by molar-refractivity contribution is 0.0104. The number of carbonyl (C=O) groups excluding carboxylic acids is 1. The molecule has 2 aromatic rings.